The van der Waals surface area contributed by atoms with Gasteiger partial charge in [0.05, 0.1) is 41.9 Å². The van der Waals surface area contributed by atoms with E-state index in [1.807, 2.05) is 0 Å². The number of amides is 1. The van der Waals surface area contributed by atoms with Crippen molar-refractivity contribution in [2.75, 3.05) is 19.1 Å². The van der Waals surface area contributed by atoms with Gasteiger partial charge in [0, 0.05) is 17.7 Å². The molecule has 1 aliphatic rings. The number of aromatic nitrogens is 2. The molecule has 2 N–H and O–H groups in total. The predicted octanol–water partition coefficient (Wildman–Crippen LogP) is 5.14. The highest BCUT2D eigenvalue weighted by Gasteiger charge is 2.48. The van der Waals surface area contributed by atoms with Crippen LogP contribution < -0.4 is 14.4 Å². The second-order valence-electron chi connectivity index (χ2n) is 8.14. The van der Waals surface area contributed by atoms with Crippen LogP contribution >= 0.6 is 11.6 Å². The molecule has 1 fully saturated rings. The molecule has 0 radical (unpaired) electrons. The Morgan fingerprint density at radius 3 is 2.51 bits per heavy atom. The summed E-state index contributed by atoms with van der Waals surface area (Å²) in [5.41, 5.74) is 0.504. The largest absolute Gasteiger partial charge is 0.507 e. The van der Waals surface area contributed by atoms with Crippen molar-refractivity contribution in [2.24, 2.45) is 0 Å². The first kappa shape index (κ1) is 24.3. The van der Waals surface area contributed by atoms with Crippen LogP contribution in [0.4, 0.5) is 14.7 Å². The number of imidazole rings is 1. The number of aliphatic hydroxyl groups excluding tert-OH is 1. The van der Waals surface area contributed by atoms with Crippen molar-refractivity contribution in [3.63, 3.8) is 0 Å². The number of Topliss-reactive ketones (excluding diaryl/α,β-unsaturated/α-hetero) is 1. The third-order valence-corrected chi connectivity index (χ3v) is 6.31. The van der Waals surface area contributed by atoms with Crippen LogP contribution in [0.1, 0.15) is 17.2 Å². The van der Waals surface area contributed by atoms with E-state index in [4.69, 9.17) is 21.1 Å². The fourth-order valence-corrected chi connectivity index (χ4v) is 4.51. The van der Waals surface area contributed by atoms with E-state index in [1.54, 1.807) is 24.3 Å². The summed E-state index contributed by atoms with van der Waals surface area (Å²) in [5, 5.41) is 11.4. The lowest BCUT2D eigenvalue weighted by molar-refractivity contribution is -0.132. The molecule has 1 aliphatic heterocycles. The number of aliphatic hydroxyl groups is 1. The average Bonchev–Trinajstić information content (AvgIpc) is 3.41. The van der Waals surface area contributed by atoms with Gasteiger partial charge in [-0.3, -0.25) is 14.5 Å². The minimum absolute atomic E-state index is 0.0436. The third-order valence-electron chi connectivity index (χ3n) is 6.02. The first-order chi connectivity index (χ1) is 17.7. The minimum atomic E-state index is -1.16. The Labute approximate surface area is 213 Å². The van der Waals surface area contributed by atoms with Crippen LogP contribution in [0.2, 0.25) is 5.02 Å². The van der Waals surface area contributed by atoms with E-state index in [1.165, 1.54) is 32.4 Å². The summed E-state index contributed by atoms with van der Waals surface area (Å²) in [6.45, 7) is 0. The number of aromatic amines is 1. The fourth-order valence-electron chi connectivity index (χ4n) is 4.25. The molecule has 1 unspecified atom stereocenters. The summed E-state index contributed by atoms with van der Waals surface area (Å²) in [6.07, 6.45) is 0. The highest BCUT2D eigenvalue weighted by molar-refractivity contribution is 6.51. The maximum absolute atomic E-state index is 13.8. The number of rotatable bonds is 5. The van der Waals surface area contributed by atoms with Gasteiger partial charge in [-0.25, -0.2) is 13.8 Å². The smallest absolute Gasteiger partial charge is 0.302 e. The Morgan fingerprint density at radius 1 is 1.05 bits per heavy atom. The van der Waals surface area contributed by atoms with Gasteiger partial charge in [0.1, 0.15) is 17.3 Å². The first-order valence-electron chi connectivity index (χ1n) is 10.9. The summed E-state index contributed by atoms with van der Waals surface area (Å²) in [5.74, 6) is -4.05. The number of nitrogens with one attached hydrogen (secondary N) is 1. The summed E-state index contributed by atoms with van der Waals surface area (Å²) >= 11 is 6.22. The lowest BCUT2D eigenvalue weighted by Gasteiger charge is -2.23. The van der Waals surface area contributed by atoms with E-state index in [9.17, 15) is 23.5 Å². The number of methoxy groups -OCH3 is 2. The van der Waals surface area contributed by atoms with Crippen molar-refractivity contribution in [3.8, 4) is 11.5 Å². The van der Waals surface area contributed by atoms with Crippen molar-refractivity contribution in [1.29, 1.82) is 0 Å². The number of H-pyrrole nitrogens is 1. The number of nitrogens with zero attached hydrogens (tertiary/aromatic N) is 2. The third kappa shape index (κ3) is 4.05. The van der Waals surface area contributed by atoms with Gasteiger partial charge < -0.3 is 19.6 Å². The minimum Gasteiger partial charge on any atom is -0.507 e. The van der Waals surface area contributed by atoms with E-state index in [-0.39, 0.29) is 33.1 Å². The Morgan fingerprint density at radius 2 is 1.81 bits per heavy atom. The van der Waals surface area contributed by atoms with Crippen LogP contribution in [0.5, 0.6) is 11.5 Å². The number of benzene rings is 3. The molecule has 4 aromatic rings. The average molecular weight is 526 g/mol. The fraction of sp³-hybridized carbons (Fsp3) is 0.115. The molecule has 5 rings (SSSR count). The number of carbonyl (C=O) groups is 2. The molecule has 1 amide bonds. The van der Waals surface area contributed by atoms with Crippen LogP contribution in [-0.4, -0.2) is 41.0 Å². The lowest BCUT2D eigenvalue weighted by Crippen LogP contribution is -2.30. The van der Waals surface area contributed by atoms with Gasteiger partial charge in [-0.15, -0.1) is 0 Å². The molecule has 0 bridgehead atoms. The molecular weight excluding hydrogens is 508 g/mol. The summed E-state index contributed by atoms with van der Waals surface area (Å²) in [6, 6.07) is 11.6. The Kier molecular flexibility index (Phi) is 6.04. The van der Waals surface area contributed by atoms with Crippen molar-refractivity contribution in [1.82, 2.24) is 9.97 Å². The first-order valence-corrected chi connectivity index (χ1v) is 11.2. The van der Waals surface area contributed by atoms with E-state index >= 15 is 0 Å². The predicted molar refractivity (Wildman–Crippen MR) is 132 cm³/mol. The van der Waals surface area contributed by atoms with Gasteiger partial charge in [-0.2, -0.15) is 0 Å². The molecule has 2 heterocycles. The monoisotopic (exact) mass is 525 g/mol. The summed E-state index contributed by atoms with van der Waals surface area (Å²) in [4.78, 5) is 34.6. The molecule has 11 heteroatoms. The van der Waals surface area contributed by atoms with Crippen LogP contribution in [0.15, 0.2) is 60.2 Å². The van der Waals surface area contributed by atoms with Crippen molar-refractivity contribution in [3.05, 3.63) is 88.0 Å². The number of fused-ring (bicyclic) bond motifs is 1. The van der Waals surface area contributed by atoms with E-state index in [2.05, 4.69) is 9.97 Å². The van der Waals surface area contributed by atoms with Gasteiger partial charge in [-0.1, -0.05) is 23.7 Å². The second kappa shape index (κ2) is 9.21. The summed E-state index contributed by atoms with van der Waals surface area (Å²) in [7, 11) is 2.89. The highest BCUT2D eigenvalue weighted by atomic mass is 35.5. The van der Waals surface area contributed by atoms with Crippen molar-refractivity contribution >= 4 is 46.0 Å². The number of hydrogen-bond acceptors (Lipinski definition) is 6. The van der Waals surface area contributed by atoms with Crippen LogP contribution in [-0.2, 0) is 9.59 Å². The Bertz CT molecular complexity index is 1580. The topological polar surface area (TPSA) is 105 Å². The van der Waals surface area contributed by atoms with E-state index in [0.29, 0.717) is 17.1 Å². The van der Waals surface area contributed by atoms with Crippen molar-refractivity contribution < 1.29 is 33.0 Å². The zero-order valence-corrected chi connectivity index (χ0v) is 20.1. The SMILES string of the molecule is COc1cccc(C2/C(=C(\O)c3ccc(OC)c(Cl)c3)C(=O)C(=O)N2c2nc3cc(F)c(F)cc3[nH]2)c1. The Balaban J connectivity index is 1.74. The number of hydrogen-bond donors (Lipinski definition) is 2. The zero-order chi connectivity index (χ0) is 26.4. The van der Waals surface area contributed by atoms with Crippen LogP contribution in [0.3, 0.4) is 0 Å². The second-order valence-corrected chi connectivity index (χ2v) is 8.55. The number of ether oxygens (including phenoxy) is 2. The van der Waals surface area contributed by atoms with E-state index in [0.717, 1.165) is 17.0 Å². The molecule has 1 saturated heterocycles. The molecule has 188 valence electrons. The molecule has 0 spiro atoms. The number of carbonyl (C=O) groups excluding carboxylic acids is 2. The number of anilines is 1. The normalized spacial score (nSPS) is 17.0. The van der Waals surface area contributed by atoms with Gasteiger partial charge in [0.15, 0.2) is 11.6 Å². The summed E-state index contributed by atoms with van der Waals surface area (Å²) < 4.78 is 38.1. The maximum atomic E-state index is 13.8. The van der Waals surface area contributed by atoms with Gasteiger partial charge in [0.2, 0.25) is 5.95 Å². The van der Waals surface area contributed by atoms with Crippen LogP contribution in [0.25, 0.3) is 16.8 Å². The molecule has 8 nitrogen and oxygen atoms in total. The van der Waals surface area contributed by atoms with Gasteiger partial charge in [-0.05, 0) is 35.9 Å². The van der Waals surface area contributed by atoms with Gasteiger partial charge >= 0.3 is 5.91 Å². The Hall–Kier alpha value is -4.44. The molecule has 3 aromatic carbocycles. The van der Waals surface area contributed by atoms with Crippen molar-refractivity contribution in [2.45, 2.75) is 6.04 Å². The quantitative estimate of drug-likeness (QED) is 0.212. The number of ketones is 1. The molecule has 1 atom stereocenters. The molecule has 1 aromatic heterocycles. The molecule has 37 heavy (non-hydrogen) atoms. The molecule has 0 aliphatic carbocycles. The van der Waals surface area contributed by atoms with Crippen LogP contribution in [0, 0.1) is 11.6 Å². The molecular formula is C26H18ClF2N3O5. The lowest BCUT2D eigenvalue weighted by atomic mass is 9.95. The molecule has 0 saturated carbocycles. The zero-order valence-electron chi connectivity index (χ0n) is 19.4. The maximum Gasteiger partial charge on any atom is 0.302 e. The highest BCUT2D eigenvalue weighted by Crippen LogP contribution is 2.43. The standard InChI is InChI=1S/C26H18ClF2N3O5/c1-36-14-5-3-4-12(8-14)22-21(23(33)13-6-7-20(37-2)15(27)9-13)24(34)25(35)32(22)26-30-18-10-16(28)17(29)11-19(18)31-26/h3-11,22,33H,1-2H3,(H,30,31)/b23-21+. The van der Waals surface area contributed by atoms with E-state index < -0.39 is 35.1 Å². The van der Waals surface area contributed by atoms with Gasteiger partial charge in [0.25, 0.3) is 5.78 Å². The number of halogens is 3.